The first-order valence-corrected chi connectivity index (χ1v) is 8.88. The van der Waals surface area contributed by atoms with E-state index in [2.05, 4.69) is 20.8 Å². The largest absolute Gasteiger partial charge is 0.396 e. The van der Waals surface area contributed by atoms with Crippen LogP contribution in [0, 0.1) is 5.92 Å². The van der Waals surface area contributed by atoms with Gasteiger partial charge in [-0.25, -0.2) is 0 Å². The molecule has 1 atom stereocenters. The summed E-state index contributed by atoms with van der Waals surface area (Å²) in [5, 5.41) is 10.1. The molecule has 0 amide bonds. The normalized spacial score (nSPS) is 20.7. The minimum atomic E-state index is 0.368. The van der Waals surface area contributed by atoms with E-state index in [4.69, 9.17) is 5.11 Å². The molecule has 1 unspecified atom stereocenters. The average molecular weight is 320 g/mol. The molecule has 1 fully saturated rings. The Morgan fingerprint density at radius 3 is 2.33 bits per heavy atom. The van der Waals surface area contributed by atoms with Gasteiger partial charge in [-0.3, -0.25) is 0 Å². The molecule has 0 radical (unpaired) electrons. The maximum Gasteiger partial charge on any atom is 0.0434 e. The number of alkyl halides is 1. The van der Waals surface area contributed by atoms with Crippen molar-refractivity contribution in [2.75, 3.05) is 31.6 Å². The van der Waals surface area contributed by atoms with Crippen molar-refractivity contribution in [1.82, 2.24) is 4.90 Å². The lowest BCUT2D eigenvalue weighted by Gasteiger charge is -2.15. The van der Waals surface area contributed by atoms with Gasteiger partial charge >= 0.3 is 0 Å². The molecular weight excluding hydrogens is 290 g/mol. The summed E-state index contributed by atoms with van der Waals surface area (Å²) in [6, 6.07) is 0. The monoisotopic (exact) mass is 319 g/mol. The van der Waals surface area contributed by atoms with Gasteiger partial charge in [-0.1, -0.05) is 48.0 Å². The number of nitrogens with zero attached hydrogens (tertiary/aromatic N) is 1. The summed E-state index contributed by atoms with van der Waals surface area (Å²) in [6.45, 7) is 4.14. The van der Waals surface area contributed by atoms with Crippen LogP contribution >= 0.6 is 15.9 Å². The highest BCUT2D eigenvalue weighted by Gasteiger charge is 2.20. The van der Waals surface area contributed by atoms with Crippen LogP contribution in [-0.2, 0) is 0 Å². The van der Waals surface area contributed by atoms with Gasteiger partial charge in [0.05, 0.1) is 0 Å². The Bertz CT molecular complexity index is 189. The van der Waals surface area contributed by atoms with Gasteiger partial charge in [-0.2, -0.15) is 0 Å². The molecule has 0 aromatic rings. The van der Waals surface area contributed by atoms with Crippen LogP contribution in [0.4, 0.5) is 0 Å². The molecule has 1 aliphatic rings. The molecule has 0 saturated carbocycles. The summed E-state index contributed by atoms with van der Waals surface area (Å²) < 4.78 is 0. The highest BCUT2D eigenvalue weighted by Crippen LogP contribution is 2.19. The molecule has 0 bridgehead atoms. The van der Waals surface area contributed by atoms with Crippen molar-refractivity contribution in [3.63, 3.8) is 0 Å². The van der Waals surface area contributed by atoms with Crippen LogP contribution in [-0.4, -0.2) is 41.6 Å². The average Bonchev–Trinajstić information content (AvgIpc) is 2.81. The van der Waals surface area contributed by atoms with Crippen LogP contribution in [0.15, 0.2) is 0 Å². The van der Waals surface area contributed by atoms with Gasteiger partial charge < -0.3 is 10.0 Å². The lowest BCUT2D eigenvalue weighted by Crippen LogP contribution is -2.22. The fraction of sp³-hybridized carbons (Fsp3) is 1.00. The third kappa shape index (κ3) is 7.75. The first-order chi connectivity index (χ1) is 8.86. The molecular formula is C15H30BrNO. The summed E-state index contributed by atoms with van der Waals surface area (Å²) in [5.74, 6) is 0.763. The predicted octanol–water partition coefficient (Wildman–Crippen LogP) is 3.82. The van der Waals surface area contributed by atoms with E-state index in [0.29, 0.717) is 6.61 Å². The van der Waals surface area contributed by atoms with Crippen LogP contribution in [0.3, 0.4) is 0 Å². The van der Waals surface area contributed by atoms with E-state index < -0.39 is 0 Å². The zero-order valence-electron chi connectivity index (χ0n) is 11.7. The van der Waals surface area contributed by atoms with Crippen molar-refractivity contribution in [3.05, 3.63) is 0 Å². The SMILES string of the molecule is OCCC1CCN(CCCCCCCCCBr)C1. The number of halogens is 1. The molecule has 0 aliphatic carbocycles. The van der Waals surface area contributed by atoms with E-state index in [-0.39, 0.29) is 0 Å². The first-order valence-electron chi connectivity index (χ1n) is 7.76. The topological polar surface area (TPSA) is 23.5 Å². The van der Waals surface area contributed by atoms with Gasteiger partial charge in [0.1, 0.15) is 0 Å². The molecule has 2 nitrogen and oxygen atoms in total. The summed E-state index contributed by atoms with van der Waals surface area (Å²) >= 11 is 3.48. The Kier molecular flexibility index (Phi) is 10.3. The lowest BCUT2D eigenvalue weighted by atomic mass is 10.1. The summed E-state index contributed by atoms with van der Waals surface area (Å²) in [7, 11) is 0. The van der Waals surface area contributed by atoms with E-state index in [1.165, 1.54) is 71.0 Å². The summed E-state index contributed by atoms with van der Waals surface area (Å²) in [5.41, 5.74) is 0. The lowest BCUT2D eigenvalue weighted by molar-refractivity contribution is 0.250. The van der Waals surface area contributed by atoms with Gasteiger partial charge in [0.15, 0.2) is 0 Å². The maximum absolute atomic E-state index is 8.93. The molecule has 1 saturated heterocycles. The Morgan fingerprint density at radius 1 is 1.00 bits per heavy atom. The number of hydrogen-bond donors (Lipinski definition) is 1. The maximum atomic E-state index is 8.93. The van der Waals surface area contributed by atoms with Crippen LogP contribution in [0.25, 0.3) is 0 Å². The van der Waals surface area contributed by atoms with E-state index >= 15 is 0 Å². The molecule has 1 aliphatic heterocycles. The smallest absolute Gasteiger partial charge is 0.0434 e. The highest BCUT2D eigenvalue weighted by atomic mass is 79.9. The van der Waals surface area contributed by atoms with E-state index in [1.54, 1.807) is 0 Å². The van der Waals surface area contributed by atoms with Crippen molar-refractivity contribution in [2.45, 2.75) is 57.8 Å². The van der Waals surface area contributed by atoms with Crippen molar-refractivity contribution in [2.24, 2.45) is 5.92 Å². The van der Waals surface area contributed by atoms with Crippen LogP contribution < -0.4 is 0 Å². The Balaban J connectivity index is 1.84. The Hall–Kier alpha value is 0.400. The van der Waals surface area contributed by atoms with Gasteiger partial charge in [-0.05, 0) is 44.7 Å². The predicted molar refractivity (Wildman–Crippen MR) is 82.4 cm³/mol. The van der Waals surface area contributed by atoms with Crippen LogP contribution in [0.1, 0.15) is 57.8 Å². The number of aliphatic hydroxyl groups excluding tert-OH is 1. The van der Waals surface area contributed by atoms with Gasteiger partial charge in [0.2, 0.25) is 0 Å². The molecule has 1 heterocycles. The van der Waals surface area contributed by atoms with Crippen LogP contribution in [0.5, 0.6) is 0 Å². The minimum absolute atomic E-state index is 0.368. The second-order valence-corrected chi connectivity index (χ2v) is 6.42. The highest BCUT2D eigenvalue weighted by molar-refractivity contribution is 9.09. The summed E-state index contributed by atoms with van der Waals surface area (Å²) in [6.07, 6.45) is 12.0. The number of hydrogen-bond acceptors (Lipinski definition) is 2. The van der Waals surface area contributed by atoms with Crippen LogP contribution in [0.2, 0.25) is 0 Å². The molecule has 3 heteroatoms. The van der Waals surface area contributed by atoms with Gasteiger partial charge in [0, 0.05) is 18.5 Å². The van der Waals surface area contributed by atoms with Crippen molar-refractivity contribution in [1.29, 1.82) is 0 Å². The second kappa shape index (κ2) is 11.2. The van der Waals surface area contributed by atoms with Crippen molar-refractivity contribution in [3.8, 4) is 0 Å². The molecule has 18 heavy (non-hydrogen) atoms. The summed E-state index contributed by atoms with van der Waals surface area (Å²) in [4.78, 5) is 2.59. The zero-order chi connectivity index (χ0) is 13.1. The number of unbranched alkanes of at least 4 members (excludes halogenated alkanes) is 6. The molecule has 108 valence electrons. The minimum Gasteiger partial charge on any atom is -0.396 e. The molecule has 1 rings (SSSR count). The van der Waals surface area contributed by atoms with E-state index in [9.17, 15) is 0 Å². The molecule has 0 spiro atoms. The Morgan fingerprint density at radius 2 is 1.67 bits per heavy atom. The number of likely N-dealkylation sites (tertiary alicyclic amines) is 1. The number of aliphatic hydroxyl groups is 1. The number of rotatable bonds is 11. The molecule has 0 aromatic carbocycles. The van der Waals surface area contributed by atoms with E-state index in [0.717, 1.165) is 17.7 Å². The van der Waals surface area contributed by atoms with Gasteiger partial charge in [0.25, 0.3) is 0 Å². The fourth-order valence-corrected chi connectivity index (χ4v) is 3.24. The zero-order valence-corrected chi connectivity index (χ0v) is 13.3. The molecule has 0 aromatic heterocycles. The third-order valence-corrected chi connectivity index (χ3v) is 4.58. The van der Waals surface area contributed by atoms with Crippen molar-refractivity contribution >= 4 is 15.9 Å². The third-order valence-electron chi connectivity index (χ3n) is 4.02. The standard InChI is InChI=1S/C15H30BrNO/c16-10-6-4-2-1-3-5-7-11-17-12-8-15(14-17)9-13-18/h15,18H,1-14H2. The van der Waals surface area contributed by atoms with Gasteiger partial charge in [-0.15, -0.1) is 0 Å². The first kappa shape index (κ1) is 16.5. The quantitative estimate of drug-likeness (QED) is 0.462. The van der Waals surface area contributed by atoms with Crippen molar-refractivity contribution < 1.29 is 5.11 Å². The fourth-order valence-electron chi connectivity index (χ4n) is 2.85. The second-order valence-electron chi connectivity index (χ2n) is 5.63. The molecule has 1 N–H and O–H groups in total. The Labute approximate surface area is 121 Å². The van der Waals surface area contributed by atoms with E-state index in [1.807, 2.05) is 0 Å².